The molecule has 3 aromatic rings. The first-order valence-corrected chi connectivity index (χ1v) is 12.6. The number of nitriles is 1. The number of anilines is 4. The fraction of sp³-hybridized carbons (Fsp3) is 0.259. The molecule has 3 N–H and O–H groups in total. The number of carboxylic acid groups (broad SMARTS) is 1. The molecule has 2 amide bonds. The molecule has 0 radical (unpaired) electrons. The smallest absolute Gasteiger partial charge is 0.334 e. The highest BCUT2D eigenvalue weighted by atomic mass is 35.5. The van der Waals surface area contributed by atoms with E-state index in [9.17, 15) is 14.9 Å². The first-order chi connectivity index (χ1) is 18.7. The summed E-state index contributed by atoms with van der Waals surface area (Å²) in [6.07, 6.45) is 1.90. The molecule has 202 valence electrons. The monoisotopic (exact) mass is 554 g/mol. The molecule has 1 aliphatic heterocycles. The number of rotatable bonds is 10. The summed E-state index contributed by atoms with van der Waals surface area (Å²) in [7, 11) is 0. The number of aliphatic carboxylic acids is 1. The van der Waals surface area contributed by atoms with Crippen molar-refractivity contribution in [2.45, 2.75) is 19.8 Å². The first-order valence-electron chi connectivity index (χ1n) is 12.2. The fourth-order valence-corrected chi connectivity index (χ4v) is 4.50. The average Bonchev–Trinajstić information content (AvgIpc) is 2.99. The van der Waals surface area contributed by atoms with Gasteiger partial charge in [-0.3, -0.25) is 14.6 Å². The zero-order valence-corrected chi connectivity index (χ0v) is 21.7. The molecular formula is C27H25ClF2N6O3. The maximum absolute atomic E-state index is 15.6. The number of fused-ring (bicyclic) bond motifs is 3. The number of carbonyl (C=O) groups excluding carboxylic acids is 1. The van der Waals surface area contributed by atoms with Crippen molar-refractivity contribution in [2.24, 2.45) is 0 Å². The van der Waals surface area contributed by atoms with E-state index >= 15 is 8.78 Å². The maximum Gasteiger partial charge on any atom is 0.334 e. The van der Waals surface area contributed by atoms with Crippen LogP contribution in [0.1, 0.15) is 25.3 Å². The second-order valence-electron chi connectivity index (χ2n) is 8.69. The van der Waals surface area contributed by atoms with Crippen molar-refractivity contribution in [3.05, 3.63) is 64.8 Å². The lowest BCUT2D eigenvalue weighted by atomic mass is 10.0. The molecular weight excluding hydrogens is 530 g/mol. The van der Waals surface area contributed by atoms with E-state index in [-0.39, 0.29) is 35.7 Å². The summed E-state index contributed by atoms with van der Waals surface area (Å²) >= 11 is 6.21. The van der Waals surface area contributed by atoms with Crippen LogP contribution >= 0.6 is 11.6 Å². The molecule has 2 aromatic carbocycles. The van der Waals surface area contributed by atoms with E-state index in [4.69, 9.17) is 16.7 Å². The fourth-order valence-electron chi connectivity index (χ4n) is 4.34. The summed E-state index contributed by atoms with van der Waals surface area (Å²) in [6, 6.07) is 9.60. The Bertz CT molecular complexity index is 1440. The van der Waals surface area contributed by atoms with Gasteiger partial charge in [-0.05, 0) is 50.2 Å². The predicted molar refractivity (Wildman–Crippen MR) is 145 cm³/mol. The number of pyridine rings is 1. The van der Waals surface area contributed by atoms with Crippen molar-refractivity contribution in [1.82, 2.24) is 10.3 Å². The highest BCUT2D eigenvalue weighted by Crippen LogP contribution is 2.45. The Labute approximate surface area is 228 Å². The van der Waals surface area contributed by atoms with E-state index in [1.165, 1.54) is 17.2 Å². The molecule has 2 heterocycles. The third-order valence-electron chi connectivity index (χ3n) is 6.10. The van der Waals surface area contributed by atoms with Crippen molar-refractivity contribution in [2.75, 3.05) is 41.3 Å². The minimum atomic E-state index is -0.985. The zero-order valence-electron chi connectivity index (χ0n) is 21.0. The number of hydrogen-bond acceptors (Lipinski definition) is 6. The van der Waals surface area contributed by atoms with Gasteiger partial charge in [-0.1, -0.05) is 17.7 Å². The van der Waals surface area contributed by atoms with Crippen molar-refractivity contribution in [3.8, 4) is 17.2 Å². The molecule has 1 aromatic heterocycles. The van der Waals surface area contributed by atoms with Crippen LogP contribution in [0.15, 0.2) is 42.6 Å². The lowest BCUT2D eigenvalue weighted by Gasteiger charge is -2.28. The van der Waals surface area contributed by atoms with Crippen LogP contribution in [0, 0.1) is 23.0 Å². The van der Waals surface area contributed by atoms with Crippen LogP contribution < -0.4 is 20.4 Å². The molecule has 12 heteroatoms. The Morgan fingerprint density at radius 2 is 1.87 bits per heavy atom. The minimum Gasteiger partial charge on any atom is -0.481 e. The molecule has 39 heavy (non-hydrogen) atoms. The number of amides is 2. The van der Waals surface area contributed by atoms with E-state index in [0.29, 0.717) is 42.2 Å². The lowest BCUT2D eigenvalue weighted by Crippen LogP contribution is -2.41. The van der Waals surface area contributed by atoms with Crippen LogP contribution in [0.25, 0.3) is 11.1 Å². The number of nitrogens with zero attached hydrogens (tertiary/aromatic N) is 4. The Kier molecular flexibility index (Phi) is 8.59. The SMILES string of the molecule is CCN1C(=O)N(c2c(F)cc(NCCNCCCC(=O)O)cc2F)c2cc(C#N)ccc2-c2cc(Cl)cnc21. The number of carbonyl (C=O) groups is 2. The summed E-state index contributed by atoms with van der Waals surface area (Å²) < 4.78 is 31.2. The third kappa shape index (κ3) is 5.92. The molecule has 0 spiro atoms. The van der Waals surface area contributed by atoms with Gasteiger partial charge in [-0.15, -0.1) is 0 Å². The topological polar surface area (TPSA) is 122 Å². The largest absolute Gasteiger partial charge is 0.481 e. The maximum atomic E-state index is 15.6. The van der Waals surface area contributed by atoms with Gasteiger partial charge in [0.05, 0.1) is 22.3 Å². The second-order valence-corrected chi connectivity index (χ2v) is 9.13. The van der Waals surface area contributed by atoms with Crippen molar-refractivity contribution in [3.63, 3.8) is 0 Å². The van der Waals surface area contributed by atoms with Crippen LogP contribution in [-0.4, -0.2) is 48.3 Å². The highest BCUT2D eigenvalue weighted by Gasteiger charge is 2.36. The summed E-state index contributed by atoms with van der Waals surface area (Å²) in [4.78, 5) is 30.9. The van der Waals surface area contributed by atoms with Gasteiger partial charge in [0.25, 0.3) is 0 Å². The van der Waals surface area contributed by atoms with Gasteiger partial charge in [-0.25, -0.2) is 18.6 Å². The summed E-state index contributed by atoms with van der Waals surface area (Å²) in [5, 5.41) is 24.5. The Balaban J connectivity index is 1.69. The van der Waals surface area contributed by atoms with Gasteiger partial charge in [0, 0.05) is 49.1 Å². The first kappa shape index (κ1) is 27.8. The van der Waals surface area contributed by atoms with Crippen molar-refractivity contribution < 1.29 is 23.5 Å². The zero-order chi connectivity index (χ0) is 28.1. The molecule has 0 saturated heterocycles. The number of hydrogen-bond donors (Lipinski definition) is 3. The number of aromatic nitrogens is 1. The van der Waals surface area contributed by atoms with E-state index in [1.54, 1.807) is 25.1 Å². The quantitative estimate of drug-likeness (QED) is 0.282. The number of benzene rings is 2. The molecule has 4 rings (SSSR count). The molecule has 1 aliphatic rings. The van der Waals surface area contributed by atoms with Gasteiger partial charge >= 0.3 is 12.0 Å². The van der Waals surface area contributed by atoms with Crippen LogP contribution in [0.5, 0.6) is 0 Å². The lowest BCUT2D eigenvalue weighted by molar-refractivity contribution is -0.137. The van der Waals surface area contributed by atoms with E-state index in [1.807, 2.05) is 6.07 Å². The van der Waals surface area contributed by atoms with Crippen LogP contribution in [0.4, 0.5) is 36.5 Å². The van der Waals surface area contributed by atoms with Gasteiger partial charge in [0.2, 0.25) is 0 Å². The van der Waals surface area contributed by atoms with E-state index in [0.717, 1.165) is 17.0 Å². The number of urea groups is 1. The number of halogens is 3. The van der Waals surface area contributed by atoms with Crippen molar-refractivity contribution in [1.29, 1.82) is 5.26 Å². The molecule has 0 unspecified atom stereocenters. The average molecular weight is 555 g/mol. The molecule has 9 nitrogen and oxygen atoms in total. The molecule has 0 atom stereocenters. The standard InChI is InChI=1S/C27H25ClF2N6O3/c1-2-35-26-20(11-17(28)15-34-26)19-6-5-16(14-31)10-23(19)36(27(35)39)25-21(29)12-18(13-22(25)30)33-9-8-32-7-3-4-24(37)38/h5-6,10-13,15,32-33H,2-4,7-9H2,1H3,(H,37,38). The molecule has 0 bridgehead atoms. The summed E-state index contributed by atoms with van der Waals surface area (Å²) in [6.45, 7) is 3.13. The van der Waals surface area contributed by atoms with Crippen LogP contribution in [0.3, 0.4) is 0 Å². The van der Waals surface area contributed by atoms with E-state index in [2.05, 4.69) is 15.6 Å². The van der Waals surface area contributed by atoms with Crippen LogP contribution in [0.2, 0.25) is 5.02 Å². The molecule has 0 saturated carbocycles. The predicted octanol–water partition coefficient (Wildman–Crippen LogP) is 5.52. The molecule has 0 fully saturated rings. The van der Waals surface area contributed by atoms with Gasteiger partial charge < -0.3 is 15.7 Å². The van der Waals surface area contributed by atoms with E-state index < -0.39 is 29.3 Å². The summed E-state index contributed by atoms with van der Waals surface area (Å²) in [5.74, 6) is -2.57. The Hall–Kier alpha value is -4.27. The Morgan fingerprint density at radius 1 is 1.13 bits per heavy atom. The van der Waals surface area contributed by atoms with Crippen LogP contribution in [-0.2, 0) is 4.79 Å². The Morgan fingerprint density at radius 3 is 2.54 bits per heavy atom. The molecule has 0 aliphatic carbocycles. The number of carboxylic acids is 1. The normalized spacial score (nSPS) is 12.4. The van der Waals surface area contributed by atoms with Gasteiger partial charge in [0.1, 0.15) is 11.5 Å². The number of nitrogens with one attached hydrogen (secondary N) is 2. The second kappa shape index (κ2) is 12.1. The highest BCUT2D eigenvalue weighted by molar-refractivity contribution is 6.31. The van der Waals surface area contributed by atoms with Gasteiger partial charge in [0.15, 0.2) is 11.6 Å². The minimum absolute atomic E-state index is 0.0518. The van der Waals surface area contributed by atoms with Crippen molar-refractivity contribution >= 4 is 46.5 Å². The third-order valence-corrected chi connectivity index (χ3v) is 6.31. The summed E-state index contributed by atoms with van der Waals surface area (Å²) in [5.41, 5.74) is 0.796. The van der Waals surface area contributed by atoms with Gasteiger partial charge in [-0.2, -0.15) is 5.26 Å².